The molecule has 1 aliphatic carbocycles. The maximum atomic E-state index is 14.0. The molecule has 0 saturated carbocycles. The standard InChI is InChI=1S/C25H20F2N6O2/c1-35-23-5-4-19-24(31-23)22(6-7-28-19)33-12-13-8-15(2-3-18(13)32-33)29-25(34)21-11-16-17(27)9-14(26)10-20(16)30-21/h4-7,9-12,15,30H,2-3,8H2,1H3,(H,29,34). The van der Waals surface area contributed by atoms with Crippen LogP contribution in [0.2, 0.25) is 0 Å². The van der Waals surface area contributed by atoms with Gasteiger partial charge >= 0.3 is 0 Å². The highest BCUT2D eigenvalue weighted by Gasteiger charge is 2.25. The SMILES string of the molecule is COc1ccc2nccc(-n3cc4c(n3)CCC(NC(=O)c3cc5c(F)cc(F)cc5[nH]3)C4)c2n1. The molecule has 5 aromatic rings. The Kier molecular flexibility index (Phi) is 4.94. The van der Waals surface area contributed by atoms with Gasteiger partial charge in [0.05, 0.1) is 29.5 Å². The largest absolute Gasteiger partial charge is 0.481 e. The molecule has 6 rings (SSSR count). The summed E-state index contributed by atoms with van der Waals surface area (Å²) in [6.45, 7) is 0. The fraction of sp³-hybridized carbons (Fsp3) is 0.200. The van der Waals surface area contributed by atoms with Crippen molar-refractivity contribution in [2.24, 2.45) is 0 Å². The van der Waals surface area contributed by atoms with Crippen LogP contribution in [0.15, 0.2) is 48.8 Å². The number of halogens is 2. The molecule has 0 bridgehead atoms. The lowest BCUT2D eigenvalue weighted by atomic mass is 9.93. The van der Waals surface area contributed by atoms with Crippen molar-refractivity contribution in [3.8, 4) is 11.6 Å². The molecule has 8 nitrogen and oxygen atoms in total. The van der Waals surface area contributed by atoms with Crippen LogP contribution in [0.1, 0.15) is 28.2 Å². The van der Waals surface area contributed by atoms with Crippen molar-refractivity contribution in [1.29, 1.82) is 0 Å². The van der Waals surface area contributed by atoms with Crippen LogP contribution in [0.4, 0.5) is 8.78 Å². The van der Waals surface area contributed by atoms with Gasteiger partial charge in [-0.2, -0.15) is 5.10 Å². The first-order chi connectivity index (χ1) is 17.0. The Hall–Kier alpha value is -4.34. The Morgan fingerprint density at radius 1 is 1.23 bits per heavy atom. The van der Waals surface area contributed by atoms with Gasteiger partial charge in [0, 0.05) is 36.0 Å². The highest BCUT2D eigenvalue weighted by Crippen LogP contribution is 2.26. The third-order valence-corrected chi connectivity index (χ3v) is 6.30. The molecular formula is C25H20F2N6O2. The van der Waals surface area contributed by atoms with Gasteiger partial charge in [0.2, 0.25) is 5.88 Å². The number of pyridine rings is 2. The molecule has 1 aliphatic rings. The molecule has 35 heavy (non-hydrogen) atoms. The first-order valence-corrected chi connectivity index (χ1v) is 11.1. The van der Waals surface area contributed by atoms with Crippen LogP contribution in [-0.4, -0.2) is 43.8 Å². The number of nitrogens with zero attached hydrogens (tertiary/aromatic N) is 4. The minimum atomic E-state index is -0.708. The zero-order chi connectivity index (χ0) is 24.1. The number of aromatic amines is 1. The fourth-order valence-electron chi connectivity index (χ4n) is 4.59. The Bertz CT molecular complexity index is 1610. The molecule has 176 valence electrons. The molecule has 0 spiro atoms. The molecule has 1 atom stereocenters. The molecule has 0 saturated heterocycles. The van der Waals surface area contributed by atoms with E-state index in [1.807, 2.05) is 18.3 Å². The molecule has 4 aromatic heterocycles. The van der Waals surface area contributed by atoms with Gasteiger partial charge in [-0.05, 0) is 49.1 Å². The van der Waals surface area contributed by atoms with Gasteiger partial charge in [-0.15, -0.1) is 0 Å². The predicted octanol–water partition coefficient (Wildman–Crippen LogP) is 3.87. The van der Waals surface area contributed by atoms with Gasteiger partial charge in [-0.3, -0.25) is 9.78 Å². The lowest BCUT2D eigenvalue weighted by Crippen LogP contribution is -2.38. The average Bonchev–Trinajstić information content (AvgIpc) is 3.47. The molecule has 1 amide bonds. The predicted molar refractivity (Wildman–Crippen MR) is 125 cm³/mol. The summed E-state index contributed by atoms with van der Waals surface area (Å²) >= 11 is 0. The van der Waals surface area contributed by atoms with Crippen molar-refractivity contribution >= 4 is 27.8 Å². The van der Waals surface area contributed by atoms with Crippen molar-refractivity contribution in [2.75, 3.05) is 7.11 Å². The summed E-state index contributed by atoms with van der Waals surface area (Å²) in [4.78, 5) is 24.5. The Balaban J connectivity index is 1.24. The summed E-state index contributed by atoms with van der Waals surface area (Å²) in [6, 6.07) is 8.72. The molecule has 10 heteroatoms. The maximum absolute atomic E-state index is 14.0. The van der Waals surface area contributed by atoms with Crippen molar-refractivity contribution in [1.82, 2.24) is 30.0 Å². The van der Waals surface area contributed by atoms with E-state index in [1.54, 1.807) is 24.1 Å². The number of hydrogen-bond donors (Lipinski definition) is 2. The second-order valence-corrected chi connectivity index (χ2v) is 8.54. The summed E-state index contributed by atoms with van der Waals surface area (Å²) in [5.74, 6) is -1.28. The molecule has 1 unspecified atom stereocenters. The number of benzene rings is 1. The van der Waals surface area contributed by atoms with Crippen LogP contribution in [0.5, 0.6) is 5.88 Å². The molecule has 1 aromatic carbocycles. The topological polar surface area (TPSA) is 97.7 Å². The van der Waals surface area contributed by atoms with E-state index in [9.17, 15) is 13.6 Å². The first-order valence-electron chi connectivity index (χ1n) is 11.1. The van der Waals surface area contributed by atoms with Crippen molar-refractivity contribution in [2.45, 2.75) is 25.3 Å². The Morgan fingerprint density at radius 2 is 2.11 bits per heavy atom. The number of carbonyl (C=O) groups excluding carboxylic acids is 1. The van der Waals surface area contributed by atoms with Crippen LogP contribution in [-0.2, 0) is 12.8 Å². The van der Waals surface area contributed by atoms with Crippen LogP contribution < -0.4 is 10.1 Å². The molecule has 0 aliphatic heterocycles. The highest BCUT2D eigenvalue weighted by molar-refractivity contribution is 5.98. The van der Waals surface area contributed by atoms with Crippen molar-refractivity contribution in [3.05, 3.63) is 77.4 Å². The van der Waals surface area contributed by atoms with Crippen molar-refractivity contribution in [3.63, 3.8) is 0 Å². The summed E-state index contributed by atoms with van der Waals surface area (Å²) in [5.41, 5.74) is 4.63. The summed E-state index contributed by atoms with van der Waals surface area (Å²) in [6.07, 6.45) is 5.67. The molecule has 0 fully saturated rings. The van der Waals surface area contributed by atoms with E-state index < -0.39 is 11.6 Å². The van der Waals surface area contributed by atoms with E-state index in [0.29, 0.717) is 30.7 Å². The van der Waals surface area contributed by atoms with Crippen LogP contribution in [0, 0.1) is 11.6 Å². The van der Waals surface area contributed by atoms with Gasteiger partial charge in [0.1, 0.15) is 22.8 Å². The molecule has 0 radical (unpaired) electrons. The zero-order valence-electron chi connectivity index (χ0n) is 18.7. The highest BCUT2D eigenvalue weighted by atomic mass is 19.1. The van der Waals surface area contributed by atoms with E-state index in [4.69, 9.17) is 9.84 Å². The first kappa shape index (κ1) is 21.2. The van der Waals surface area contributed by atoms with Crippen LogP contribution in [0.3, 0.4) is 0 Å². The van der Waals surface area contributed by atoms with Gasteiger partial charge in [0.15, 0.2) is 0 Å². The number of fused-ring (bicyclic) bond motifs is 3. The quantitative estimate of drug-likeness (QED) is 0.412. The van der Waals surface area contributed by atoms with E-state index in [-0.39, 0.29) is 28.5 Å². The number of methoxy groups -OCH3 is 1. The molecule has 4 heterocycles. The number of H-pyrrole nitrogens is 1. The zero-order valence-corrected chi connectivity index (χ0v) is 18.7. The van der Waals surface area contributed by atoms with Gasteiger partial charge in [-0.25, -0.2) is 18.4 Å². The van der Waals surface area contributed by atoms with E-state index in [1.165, 1.54) is 12.1 Å². The number of aromatic nitrogens is 5. The normalized spacial score (nSPS) is 15.3. The lowest BCUT2D eigenvalue weighted by molar-refractivity contribution is 0.0929. The Labute approximate surface area is 198 Å². The molecular weight excluding hydrogens is 454 g/mol. The second kappa shape index (κ2) is 8.15. The van der Waals surface area contributed by atoms with Crippen LogP contribution >= 0.6 is 0 Å². The minimum absolute atomic E-state index is 0.118. The van der Waals surface area contributed by atoms with E-state index in [0.717, 1.165) is 28.5 Å². The summed E-state index contributed by atoms with van der Waals surface area (Å²) < 4.78 is 34.6. The fourth-order valence-corrected chi connectivity index (χ4v) is 4.59. The Morgan fingerprint density at radius 3 is 2.97 bits per heavy atom. The number of amides is 1. The number of ether oxygens (including phenoxy) is 1. The number of carbonyl (C=O) groups is 1. The third-order valence-electron chi connectivity index (χ3n) is 6.30. The van der Waals surface area contributed by atoms with Gasteiger partial charge < -0.3 is 15.0 Å². The second-order valence-electron chi connectivity index (χ2n) is 8.54. The van der Waals surface area contributed by atoms with Crippen LogP contribution in [0.25, 0.3) is 27.6 Å². The third kappa shape index (κ3) is 3.76. The van der Waals surface area contributed by atoms with E-state index in [2.05, 4.69) is 20.3 Å². The summed E-state index contributed by atoms with van der Waals surface area (Å²) in [7, 11) is 1.57. The van der Waals surface area contributed by atoms with Gasteiger partial charge in [0.25, 0.3) is 5.91 Å². The monoisotopic (exact) mass is 474 g/mol. The minimum Gasteiger partial charge on any atom is -0.481 e. The van der Waals surface area contributed by atoms with Crippen molar-refractivity contribution < 1.29 is 18.3 Å². The lowest BCUT2D eigenvalue weighted by Gasteiger charge is -2.22. The number of aryl methyl sites for hydroxylation is 1. The number of nitrogens with one attached hydrogen (secondary N) is 2. The smallest absolute Gasteiger partial charge is 0.267 e. The van der Waals surface area contributed by atoms with Gasteiger partial charge in [-0.1, -0.05) is 0 Å². The average molecular weight is 474 g/mol. The number of hydrogen-bond acceptors (Lipinski definition) is 5. The summed E-state index contributed by atoms with van der Waals surface area (Å²) in [5, 5.41) is 7.94. The number of rotatable bonds is 4. The maximum Gasteiger partial charge on any atom is 0.267 e. The van der Waals surface area contributed by atoms with E-state index >= 15 is 0 Å². The molecule has 2 N–H and O–H groups in total.